The Morgan fingerprint density at radius 3 is 2.88 bits per heavy atom. The summed E-state index contributed by atoms with van der Waals surface area (Å²) >= 11 is 3.41. The Morgan fingerprint density at radius 1 is 1.65 bits per heavy atom. The van der Waals surface area contributed by atoms with E-state index < -0.39 is 0 Å². The summed E-state index contributed by atoms with van der Waals surface area (Å²) in [6.45, 7) is 6.67. The SMILES string of the molecule is CC1OCCC1C(=O)c1c(Br)cnn1C(C)C. The Balaban J connectivity index is 2.33. The third-order valence-electron chi connectivity index (χ3n) is 3.19. The van der Waals surface area contributed by atoms with Gasteiger partial charge in [0.15, 0.2) is 5.78 Å². The molecule has 0 amide bonds. The molecule has 2 heterocycles. The van der Waals surface area contributed by atoms with Crippen molar-refractivity contribution in [1.29, 1.82) is 0 Å². The van der Waals surface area contributed by atoms with Crippen molar-refractivity contribution in [1.82, 2.24) is 9.78 Å². The predicted molar refractivity (Wildman–Crippen MR) is 68.2 cm³/mol. The highest BCUT2D eigenvalue weighted by Crippen LogP contribution is 2.29. The topological polar surface area (TPSA) is 44.1 Å². The maximum Gasteiger partial charge on any atom is 0.187 e. The van der Waals surface area contributed by atoms with Crippen molar-refractivity contribution in [2.75, 3.05) is 6.61 Å². The van der Waals surface area contributed by atoms with E-state index in [0.29, 0.717) is 12.3 Å². The molecule has 2 atom stereocenters. The van der Waals surface area contributed by atoms with E-state index in [2.05, 4.69) is 21.0 Å². The molecule has 94 valence electrons. The maximum absolute atomic E-state index is 12.5. The van der Waals surface area contributed by atoms with Gasteiger partial charge in [-0.2, -0.15) is 5.10 Å². The first-order chi connectivity index (χ1) is 8.02. The standard InChI is InChI=1S/C12H17BrN2O2/c1-7(2)15-11(10(13)6-14-15)12(16)9-4-5-17-8(9)3/h6-9H,4-5H2,1-3H3. The highest BCUT2D eigenvalue weighted by atomic mass is 79.9. The summed E-state index contributed by atoms with van der Waals surface area (Å²) < 4.78 is 8.01. The second-order valence-electron chi connectivity index (χ2n) is 4.71. The lowest BCUT2D eigenvalue weighted by atomic mass is 9.95. The lowest BCUT2D eigenvalue weighted by Gasteiger charge is -2.16. The molecule has 0 radical (unpaired) electrons. The number of aromatic nitrogens is 2. The lowest BCUT2D eigenvalue weighted by Crippen LogP contribution is -2.25. The van der Waals surface area contributed by atoms with Crippen molar-refractivity contribution in [3.63, 3.8) is 0 Å². The summed E-state index contributed by atoms with van der Waals surface area (Å²) in [5.74, 6) is 0.0913. The first-order valence-electron chi connectivity index (χ1n) is 5.91. The second-order valence-corrected chi connectivity index (χ2v) is 5.57. The summed E-state index contributed by atoms with van der Waals surface area (Å²) in [6, 6.07) is 0.179. The molecule has 1 saturated heterocycles. The first kappa shape index (κ1) is 12.8. The molecule has 4 nitrogen and oxygen atoms in total. The number of hydrogen-bond acceptors (Lipinski definition) is 3. The van der Waals surface area contributed by atoms with Gasteiger partial charge in [-0.3, -0.25) is 9.48 Å². The third kappa shape index (κ3) is 2.31. The van der Waals surface area contributed by atoms with Crippen LogP contribution in [0.1, 0.15) is 43.7 Å². The zero-order valence-electron chi connectivity index (χ0n) is 10.3. The number of nitrogens with zero attached hydrogens (tertiary/aromatic N) is 2. The average molecular weight is 301 g/mol. The molecule has 2 unspecified atom stereocenters. The molecular weight excluding hydrogens is 284 g/mol. The number of Topliss-reactive ketones (excluding diaryl/α,β-unsaturated/α-hetero) is 1. The summed E-state index contributed by atoms with van der Waals surface area (Å²) in [7, 11) is 0. The number of hydrogen-bond donors (Lipinski definition) is 0. The summed E-state index contributed by atoms with van der Waals surface area (Å²) in [4.78, 5) is 12.5. The average Bonchev–Trinajstić information content (AvgIpc) is 2.83. The van der Waals surface area contributed by atoms with E-state index in [4.69, 9.17) is 4.74 Å². The van der Waals surface area contributed by atoms with Crippen LogP contribution < -0.4 is 0 Å². The zero-order valence-corrected chi connectivity index (χ0v) is 11.9. The van der Waals surface area contributed by atoms with Gasteiger partial charge in [0.25, 0.3) is 0 Å². The minimum absolute atomic E-state index is 0.00455. The van der Waals surface area contributed by atoms with E-state index in [1.165, 1.54) is 0 Å². The van der Waals surface area contributed by atoms with Crippen LogP contribution >= 0.6 is 15.9 Å². The highest BCUT2D eigenvalue weighted by Gasteiger charge is 2.34. The summed E-state index contributed by atoms with van der Waals surface area (Å²) in [6.07, 6.45) is 2.49. The number of carbonyl (C=O) groups excluding carboxylic acids is 1. The largest absolute Gasteiger partial charge is 0.378 e. The molecular formula is C12H17BrN2O2. The minimum Gasteiger partial charge on any atom is -0.378 e. The van der Waals surface area contributed by atoms with Gasteiger partial charge in [0.1, 0.15) is 5.69 Å². The van der Waals surface area contributed by atoms with Crippen LogP contribution in [-0.4, -0.2) is 28.3 Å². The molecule has 0 aliphatic carbocycles. The summed E-state index contributed by atoms with van der Waals surface area (Å²) in [5, 5.41) is 4.24. The molecule has 0 aromatic carbocycles. The fraction of sp³-hybridized carbons (Fsp3) is 0.667. The Bertz CT molecular complexity index is 428. The van der Waals surface area contributed by atoms with Gasteiger partial charge in [-0.1, -0.05) is 0 Å². The van der Waals surface area contributed by atoms with Crippen LogP contribution in [0.5, 0.6) is 0 Å². The van der Waals surface area contributed by atoms with E-state index in [1.54, 1.807) is 10.9 Å². The third-order valence-corrected chi connectivity index (χ3v) is 3.77. The quantitative estimate of drug-likeness (QED) is 0.806. The molecule has 0 spiro atoms. The normalized spacial score (nSPS) is 24.5. The number of rotatable bonds is 3. The van der Waals surface area contributed by atoms with Gasteiger partial charge in [0.05, 0.1) is 22.7 Å². The van der Waals surface area contributed by atoms with Crippen LogP contribution in [0.4, 0.5) is 0 Å². The molecule has 1 aromatic rings. The van der Waals surface area contributed by atoms with Gasteiger partial charge >= 0.3 is 0 Å². The van der Waals surface area contributed by atoms with Crippen molar-refractivity contribution < 1.29 is 9.53 Å². The number of ketones is 1. The molecule has 0 N–H and O–H groups in total. The number of ether oxygens (including phenoxy) is 1. The molecule has 2 rings (SSSR count). The first-order valence-corrected chi connectivity index (χ1v) is 6.70. The summed E-state index contributed by atoms with van der Waals surface area (Å²) in [5.41, 5.74) is 0.669. The Labute approximate surface area is 109 Å². The van der Waals surface area contributed by atoms with E-state index in [-0.39, 0.29) is 23.8 Å². The monoisotopic (exact) mass is 300 g/mol. The van der Waals surface area contributed by atoms with Gasteiger partial charge in [-0.05, 0) is 43.1 Å². The van der Waals surface area contributed by atoms with Crippen LogP contribution in [0, 0.1) is 5.92 Å². The Hall–Kier alpha value is -0.680. The van der Waals surface area contributed by atoms with Crippen LogP contribution in [0.15, 0.2) is 10.7 Å². The van der Waals surface area contributed by atoms with Crippen molar-refractivity contribution >= 4 is 21.7 Å². The molecule has 1 fully saturated rings. The number of carbonyl (C=O) groups is 1. The fourth-order valence-electron chi connectivity index (χ4n) is 2.21. The van der Waals surface area contributed by atoms with Crippen molar-refractivity contribution in [2.24, 2.45) is 5.92 Å². The van der Waals surface area contributed by atoms with Crippen LogP contribution in [0.2, 0.25) is 0 Å². The van der Waals surface area contributed by atoms with Crippen LogP contribution in [0.3, 0.4) is 0 Å². The van der Waals surface area contributed by atoms with Crippen molar-refractivity contribution in [2.45, 2.75) is 39.3 Å². The molecule has 1 aliphatic heterocycles. The van der Waals surface area contributed by atoms with Gasteiger partial charge in [-0.25, -0.2) is 0 Å². The molecule has 5 heteroatoms. The van der Waals surface area contributed by atoms with E-state index >= 15 is 0 Å². The van der Waals surface area contributed by atoms with Crippen molar-refractivity contribution in [3.05, 3.63) is 16.4 Å². The van der Waals surface area contributed by atoms with Crippen molar-refractivity contribution in [3.8, 4) is 0 Å². The van der Waals surface area contributed by atoms with Gasteiger partial charge < -0.3 is 4.74 Å². The smallest absolute Gasteiger partial charge is 0.187 e. The fourth-order valence-corrected chi connectivity index (χ4v) is 2.68. The maximum atomic E-state index is 12.5. The molecule has 0 bridgehead atoms. The Morgan fingerprint density at radius 2 is 2.35 bits per heavy atom. The van der Waals surface area contributed by atoms with Gasteiger partial charge in [0, 0.05) is 12.6 Å². The van der Waals surface area contributed by atoms with E-state index in [1.807, 2.05) is 20.8 Å². The Kier molecular flexibility index (Phi) is 3.68. The van der Waals surface area contributed by atoms with Gasteiger partial charge in [-0.15, -0.1) is 0 Å². The molecule has 17 heavy (non-hydrogen) atoms. The number of halogens is 1. The molecule has 1 aromatic heterocycles. The minimum atomic E-state index is -0.0412. The van der Waals surface area contributed by atoms with Crippen LogP contribution in [0.25, 0.3) is 0 Å². The predicted octanol–water partition coefficient (Wildman–Crippen LogP) is 2.83. The van der Waals surface area contributed by atoms with E-state index in [9.17, 15) is 4.79 Å². The van der Waals surface area contributed by atoms with Gasteiger partial charge in [0.2, 0.25) is 0 Å². The molecule has 1 aliphatic rings. The molecule has 0 saturated carbocycles. The zero-order chi connectivity index (χ0) is 12.6. The van der Waals surface area contributed by atoms with E-state index in [0.717, 1.165) is 10.9 Å². The highest BCUT2D eigenvalue weighted by molar-refractivity contribution is 9.10. The lowest BCUT2D eigenvalue weighted by molar-refractivity contribution is 0.0752. The second kappa shape index (κ2) is 4.90. The van der Waals surface area contributed by atoms with Crippen LogP contribution in [-0.2, 0) is 4.74 Å².